The molecule has 0 aliphatic rings. The van der Waals surface area contributed by atoms with Gasteiger partial charge in [-0.25, -0.2) is 4.79 Å². The maximum Gasteiger partial charge on any atom is 0.387 e. The summed E-state index contributed by atoms with van der Waals surface area (Å²) in [6.07, 6.45) is 0. The fourth-order valence-corrected chi connectivity index (χ4v) is 3.04. The van der Waals surface area contributed by atoms with E-state index in [0.29, 0.717) is 5.56 Å². The van der Waals surface area contributed by atoms with Crippen molar-refractivity contribution in [1.29, 1.82) is 0 Å². The monoisotopic (exact) mass is 370 g/mol. The highest BCUT2D eigenvalue weighted by Crippen LogP contribution is 2.29. The second-order valence-electron chi connectivity index (χ2n) is 5.32. The summed E-state index contributed by atoms with van der Waals surface area (Å²) in [5.41, 5.74) is 0.712. The molecular formula is C17H20F2N2O3S. The number of alkyl halides is 2. The summed E-state index contributed by atoms with van der Waals surface area (Å²) in [6, 6.07) is 8.20. The maximum absolute atomic E-state index is 12.3. The Labute approximate surface area is 149 Å². The standard InChI is InChI=1S/C17H20F2N2O3S/c1-11(15-5-4-8-25-15)21(2)17(22)20-10-12-6-7-13(24-16(18)19)14(9-12)23-3/h4-9,11,16H,10H2,1-3H3,(H,20,22)/t11-/m1/s1. The molecule has 0 saturated carbocycles. The van der Waals surface area contributed by atoms with E-state index in [-0.39, 0.29) is 30.1 Å². The van der Waals surface area contributed by atoms with Crippen LogP contribution in [0.4, 0.5) is 13.6 Å². The number of amides is 2. The van der Waals surface area contributed by atoms with Crippen LogP contribution >= 0.6 is 11.3 Å². The molecule has 1 aromatic heterocycles. The molecule has 1 heterocycles. The van der Waals surface area contributed by atoms with Gasteiger partial charge in [0.05, 0.1) is 13.2 Å². The van der Waals surface area contributed by atoms with Crippen molar-refractivity contribution < 1.29 is 23.0 Å². The Balaban J connectivity index is 1.97. The third-order valence-electron chi connectivity index (χ3n) is 3.74. The Kier molecular flexibility index (Phi) is 6.58. The highest BCUT2D eigenvalue weighted by molar-refractivity contribution is 7.10. The fraction of sp³-hybridized carbons (Fsp3) is 0.353. The average Bonchev–Trinajstić information content (AvgIpc) is 3.13. The topological polar surface area (TPSA) is 50.8 Å². The van der Waals surface area contributed by atoms with E-state index in [4.69, 9.17) is 4.74 Å². The number of benzene rings is 1. The molecule has 5 nitrogen and oxygen atoms in total. The lowest BCUT2D eigenvalue weighted by Crippen LogP contribution is -2.38. The summed E-state index contributed by atoms with van der Waals surface area (Å²) in [6.45, 7) is -0.733. The molecule has 0 aliphatic carbocycles. The average molecular weight is 370 g/mol. The summed E-state index contributed by atoms with van der Waals surface area (Å²) in [5, 5.41) is 4.77. The minimum atomic E-state index is -2.92. The van der Waals surface area contributed by atoms with Crippen LogP contribution in [0.2, 0.25) is 0 Å². The number of carbonyl (C=O) groups is 1. The molecule has 0 fully saturated rings. The van der Waals surface area contributed by atoms with Crippen LogP contribution in [0.1, 0.15) is 23.4 Å². The van der Waals surface area contributed by atoms with Crippen molar-refractivity contribution in [3.05, 3.63) is 46.2 Å². The van der Waals surface area contributed by atoms with Crippen molar-refractivity contribution in [3.8, 4) is 11.5 Å². The number of methoxy groups -OCH3 is 1. The van der Waals surface area contributed by atoms with E-state index in [1.165, 1.54) is 13.2 Å². The number of rotatable bonds is 7. The number of halogens is 2. The molecule has 2 rings (SSSR count). The highest BCUT2D eigenvalue weighted by Gasteiger charge is 2.18. The molecule has 1 aromatic carbocycles. The van der Waals surface area contributed by atoms with Gasteiger partial charge in [-0.3, -0.25) is 0 Å². The van der Waals surface area contributed by atoms with Gasteiger partial charge < -0.3 is 19.7 Å². The van der Waals surface area contributed by atoms with Crippen LogP contribution in [0.25, 0.3) is 0 Å². The summed E-state index contributed by atoms with van der Waals surface area (Å²) in [7, 11) is 3.09. The van der Waals surface area contributed by atoms with Crippen LogP contribution in [-0.4, -0.2) is 31.7 Å². The Hall–Kier alpha value is -2.35. The quantitative estimate of drug-likeness (QED) is 0.792. The molecule has 136 valence electrons. The Bertz CT molecular complexity index is 695. The number of nitrogens with one attached hydrogen (secondary N) is 1. The number of nitrogens with zero attached hydrogens (tertiary/aromatic N) is 1. The fourth-order valence-electron chi connectivity index (χ4n) is 2.21. The van der Waals surface area contributed by atoms with Gasteiger partial charge in [0.25, 0.3) is 0 Å². The van der Waals surface area contributed by atoms with Gasteiger partial charge in [0.2, 0.25) is 0 Å². The highest BCUT2D eigenvalue weighted by atomic mass is 32.1. The largest absolute Gasteiger partial charge is 0.493 e. The lowest BCUT2D eigenvalue weighted by molar-refractivity contribution is -0.0512. The van der Waals surface area contributed by atoms with Crippen LogP contribution in [0.15, 0.2) is 35.7 Å². The van der Waals surface area contributed by atoms with E-state index in [2.05, 4.69) is 10.1 Å². The molecule has 0 aliphatic heterocycles. The van der Waals surface area contributed by atoms with Gasteiger partial charge in [-0.2, -0.15) is 8.78 Å². The predicted molar refractivity (Wildman–Crippen MR) is 92.4 cm³/mol. The minimum Gasteiger partial charge on any atom is -0.493 e. The number of hydrogen-bond acceptors (Lipinski definition) is 4. The zero-order chi connectivity index (χ0) is 18.4. The van der Waals surface area contributed by atoms with E-state index >= 15 is 0 Å². The summed E-state index contributed by atoms with van der Waals surface area (Å²) in [4.78, 5) is 15.0. The van der Waals surface area contributed by atoms with E-state index < -0.39 is 6.61 Å². The third kappa shape index (κ3) is 5.06. The smallest absolute Gasteiger partial charge is 0.387 e. The van der Waals surface area contributed by atoms with Crippen LogP contribution in [0.3, 0.4) is 0 Å². The maximum atomic E-state index is 12.3. The van der Waals surface area contributed by atoms with Gasteiger partial charge in [-0.05, 0) is 36.1 Å². The molecule has 8 heteroatoms. The Morgan fingerprint density at radius 2 is 2.08 bits per heavy atom. The molecule has 0 unspecified atom stereocenters. The Morgan fingerprint density at radius 3 is 2.68 bits per heavy atom. The van der Waals surface area contributed by atoms with Gasteiger partial charge in [0.1, 0.15) is 0 Å². The second kappa shape index (κ2) is 8.66. The second-order valence-corrected chi connectivity index (χ2v) is 6.30. The van der Waals surface area contributed by atoms with Crippen LogP contribution in [-0.2, 0) is 6.54 Å². The minimum absolute atomic E-state index is 0.0450. The van der Waals surface area contributed by atoms with Crippen molar-refractivity contribution in [3.63, 3.8) is 0 Å². The molecule has 0 saturated heterocycles. The van der Waals surface area contributed by atoms with Gasteiger partial charge in [-0.1, -0.05) is 12.1 Å². The third-order valence-corrected chi connectivity index (χ3v) is 4.79. The normalized spacial score (nSPS) is 11.9. The van der Waals surface area contributed by atoms with Crippen LogP contribution in [0, 0.1) is 0 Å². The molecule has 2 amide bonds. The number of carbonyl (C=O) groups excluding carboxylic acids is 1. The molecule has 0 spiro atoms. The first-order valence-electron chi connectivity index (χ1n) is 7.58. The zero-order valence-electron chi connectivity index (χ0n) is 14.2. The first-order chi connectivity index (χ1) is 11.9. The lowest BCUT2D eigenvalue weighted by atomic mass is 10.2. The number of thiophene rings is 1. The first kappa shape index (κ1) is 19.0. The van der Waals surface area contributed by atoms with E-state index in [1.807, 2.05) is 24.4 Å². The lowest BCUT2D eigenvalue weighted by Gasteiger charge is -2.24. The number of urea groups is 1. The van der Waals surface area contributed by atoms with Crippen LogP contribution < -0.4 is 14.8 Å². The van der Waals surface area contributed by atoms with Crippen LogP contribution in [0.5, 0.6) is 11.5 Å². The van der Waals surface area contributed by atoms with Gasteiger partial charge >= 0.3 is 12.6 Å². The summed E-state index contributed by atoms with van der Waals surface area (Å²) in [5.74, 6) is 0.142. The van der Waals surface area contributed by atoms with Gasteiger partial charge in [0, 0.05) is 18.5 Å². The van der Waals surface area contributed by atoms with Gasteiger partial charge in [-0.15, -0.1) is 11.3 Å². The SMILES string of the molecule is COc1cc(CNC(=O)N(C)[C@H](C)c2cccs2)ccc1OC(F)F. The molecule has 0 bridgehead atoms. The number of hydrogen-bond donors (Lipinski definition) is 1. The van der Waals surface area contributed by atoms with Crippen molar-refractivity contribution in [2.45, 2.75) is 26.1 Å². The van der Waals surface area contributed by atoms with E-state index in [1.54, 1.807) is 35.4 Å². The number of ether oxygens (including phenoxy) is 2. The molecule has 2 aromatic rings. The zero-order valence-corrected chi connectivity index (χ0v) is 15.0. The first-order valence-corrected chi connectivity index (χ1v) is 8.46. The van der Waals surface area contributed by atoms with Crippen molar-refractivity contribution in [1.82, 2.24) is 10.2 Å². The van der Waals surface area contributed by atoms with Crippen molar-refractivity contribution in [2.75, 3.05) is 14.2 Å². The predicted octanol–water partition coefficient (Wildman–Crippen LogP) is 4.26. The van der Waals surface area contributed by atoms with Gasteiger partial charge in [0.15, 0.2) is 11.5 Å². The van der Waals surface area contributed by atoms with Crippen molar-refractivity contribution in [2.24, 2.45) is 0 Å². The summed E-state index contributed by atoms with van der Waals surface area (Å²) < 4.78 is 34.1. The molecule has 1 N–H and O–H groups in total. The molecule has 25 heavy (non-hydrogen) atoms. The molecule has 1 atom stereocenters. The van der Waals surface area contributed by atoms with E-state index in [9.17, 15) is 13.6 Å². The van der Waals surface area contributed by atoms with Crippen molar-refractivity contribution >= 4 is 17.4 Å². The molecular weight excluding hydrogens is 350 g/mol. The summed E-state index contributed by atoms with van der Waals surface area (Å²) >= 11 is 1.59. The Morgan fingerprint density at radius 1 is 1.32 bits per heavy atom. The van der Waals surface area contributed by atoms with E-state index in [0.717, 1.165) is 4.88 Å². The molecule has 0 radical (unpaired) electrons.